The van der Waals surface area contributed by atoms with Crippen molar-refractivity contribution in [1.29, 1.82) is 0 Å². The molecule has 2 aliphatic rings. The number of aromatic nitrogens is 2. The number of rotatable bonds is 10. The highest BCUT2D eigenvalue weighted by Gasteiger charge is 2.38. The summed E-state index contributed by atoms with van der Waals surface area (Å²) in [6.45, 7) is -0.196. The van der Waals surface area contributed by atoms with E-state index in [1.807, 2.05) is 6.07 Å². The normalized spacial score (nSPS) is 18.2. The average Bonchev–Trinajstić information content (AvgIpc) is 3.31. The van der Waals surface area contributed by atoms with E-state index in [-0.39, 0.29) is 29.9 Å². The standard InChI is InChI=1S/C27H35N4O4/c28-26(34)27(12-5-2-6-13-27)14-11-23(33)30-18-22(32)24-21(16-19-8-3-1-4-9-19)31-25(35-24)20-10-7-15-29-17-20/h7,10-11,15,17,19H,1-6,8-9,12-14,16,18H2,(H2,28,34)(H,30,33). The third-order valence-corrected chi connectivity index (χ3v) is 7.50. The number of ketones is 1. The third kappa shape index (κ3) is 6.35. The third-order valence-electron chi connectivity index (χ3n) is 7.50. The van der Waals surface area contributed by atoms with Crippen molar-refractivity contribution in [2.75, 3.05) is 6.54 Å². The second-order valence-electron chi connectivity index (χ2n) is 10.00. The van der Waals surface area contributed by atoms with Crippen molar-refractivity contribution in [1.82, 2.24) is 15.3 Å². The minimum absolute atomic E-state index is 0.196. The van der Waals surface area contributed by atoms with Gasteiger partial charge in [-0.25, -0.2) is 4.98 Å². The molecule has 187 valence electrons. The van der Waals surface area contributed by atoms with E-state index in [1.54, 1.807) is 18.5 Å². The fourth-order valence-electron chi connectivity index (χ4n) is 5.37. The van der Waals surface area contributed by atoms with Gasteiger partial charge in [-0.05, 0) is 43.7 Å². The first-order valence-corrected chi connectivity index (χ1v) is 12.8. The zero-order chi connectivity index (χ0) is 24.7. The first kappa shape index (κ1) is 25.1. The molecule has 0 atom stereocenters. The summed E-state index contributed by atoms with van der Waals surface area (Å²) < 4.78 is 5.92. The molecule has 0 bridgehead atoms. The van der Waals surface area contributed by atoms with Gasteiger partial charge in [-0.1, -0.05) is 51.4 Å². The van der Waals surface area contributed by atoms with Crippen LogP contribution in [0.5, 0.6) is 0 Å². The van der Waals surface area contributed by atoms with Gasteiger partial charge in [-0.15, -0.1) is 0 Å². The Morgan fingerprint density at radius 1 is 1.11 bits per heavy atom. The minimum Gasteiger partial charge on any atom is -0.433 e. The molecule has 3 N–H and O–H groups in total. The number of carbonyl (C=O) groups is 3. The lowest BCUT2D eigenvalue weighted by Crippen LogP contribution is -2.40. The maximum Gasteiger partial charge on any atom is 0.228 e. The fourth-order valence-corrected chi connectivity index (χ4v) is 5.37. The summed E-state index contributed by atoms with van der Waals surface area (Å²) in [5.74, 6) is -0.00542. The van der Waals surface area contributed by atoms with Crippen molar-refractivity contribution in [2.45, 2.75) is 77.0 Å². The molecule has 2 aliphatic carbocycles. The largest absolute Gasteiger partial charge is 0.433 e. The summed E-state index contributed by atoms with van der Waals surface area (Å²) in [4.78, 5) is 46.4. The molecule has 0 saturated heterocycles. The first-order chi connectivity index (χ1) is 17.0. The molecule has 2 amide bonds. The van der Waals surface area contributed by atoms with Crippen molar-refractivity contribution in [2.24, 2.45) is 17.1 Å². The summed E-state index contributed by atoms with van der Waals surface area (Å²) in [5, 5.41) is 2.66. The quantitative estimate of drug-likeness (QED) is 0.492. The van der Waals surface area contributed by atoms with Crippen LogP contribution >= 0.6 is 0 Å². The molecule has 8 heteroatoms. The van der Waals surface area contributed by atoms with Crippen molar-refractivity contribution in [3.05, 3.63) is 42.4 Å². The number of hydrogen-bond acceptors (Lipinski definition) is 6. The Hall–Kier alpha value is -3.03. The molecule has 0 unspecified atom stereocenters. The summed E-state index contributed by atoms with van der Waals surface area (Å²) >= 11 is 0. The van der Waals surface area contributed by atoms with Gasteiger partial charge in [-0.3, -0.25) is 19.4 Å². The number of oxazole rings is 1. The van der Waals surface area contributed by atoms with Crippen LogP contribution in [0.15, 0.2) is 28.9 Å². The number of primary amides is 1. The fraction of sp³-hybridized carbons (Fsp3) is 0.556. The molecule has 2 heterocycles. The Balaban J connectivity index is 1.40. The smallest absolute Gasteiger partial charge is 0.228 e. The van der Waals surface area contributed by atoms with Gasteiger partial charge >= 0.3 is 0 Å². The van der Waals surface area contributed by atoms with Crippen LogP contribution in [0.4, 0.5) is 0 Å². The van der Waals surface area contributed by atoms with Crippen molar-refractivity contribution >= 4 is 17.6 Å². The van der Waals surface area contributed by atoms with Crippen LogP contribution in [-0.2, 0) is 16.0 Å². The predicted molar refractivity (Wildman–Crippen MR) is 131 cm³/mol. The van der Waals surface area contributed by atoms with E-state index >= 15 is 0 Å². The van der Waals surface area contributed by atoms with Crippen molar-refractivity contribution < 1.29 is 18.8 Å². The second-order valence-corrected chi connectivity index (χ2v) is 10.00. The molecule has 2 fully saturated rings. The Kier molecular flexibility index (Phi) is 8.31. The van der Waals surface area contributed by atoms with Crippen LogP contribution < -0.4 is 11.1 Å². The lowest BCUT2D eigenvalue weighted by molar-refractivity contribution is -0.129. The van der Waals surface area contributed by atoms with E-state index in [4.69, 9.17) is 10.2 Å². The van der Waals surface area contributed by atoms with Crippen LogP contribution in [-0.4, -0.2) is 34.1 Å². The van der Waals surface area contributed by atoms with E-state index < -0.39 is 5.41 Å². The number of amides is 2. The summed E-state index contributed by atoms with van der Waals surface area (Å²) in [6.07, 6.45) is 16.0. The highest BCUT2D eigenvalue weighted by molar-refractivity contribution is 5.99. The Morgan fingerprint density at radius 3 is 2.54 bits per heavy atom. The molecule has 0 aliphatic heterocycles. The molecular weight excluding hydrogens is 444 g/mol. The zero-order valence-electron chi connectivity index (χ0n) is 20.3. The summed E-state index contributed by atoms with van der Waals surface area (Å²) in [7, 11) is 0. The molecule has 4 rings (SSSR count). The van der Waals surface area contributed by atoms with Crippen LogP contribution in [0.25, 0.3) is 11.5 Å². The number of hydrogen-bond donors (Lipinski definition) is 2. The number of nitrogens with two attached hydrogens (primary N) is 1. The lowest BCUT2D eigenvalue weighted by atomic mass is 9.70. The maximum atomic E-state index is 13.1. The average molecular weight is 480 g/mol. The molecule has 2 aromatic heterocycles. The number of nitrogens with zero attached hydrogens (tertiary/aromatic N) is 2. The topological polar surface area (TPSA) is 128 Å². The number of carbonyl (C=O) groups excluding carboxylic acids is 3. The van der Waals surface area contributed by atoms with E-state index in [9.17, 15) is 14.4 Å². The van der Waals surface area contributed by atoms with Gasteiger partial charge in [0.1, 0.15) is 0 Å². The van der Waals surface area contributed by atoms with Crippen molar-refractivity contribution in [3.8, 4) is 11.5 Å². The van der Waals surface area contributed by atoms with Crippen LogP contribution in [0.2, 0.25) is 0 Å². The van der Waals surface area contributed by atoms with Gasteiger partial charge in [0.05, 0.1) is 24.2 Å². The van der Waals surface area contributed by atoms with E-state index in [1.165, 1.54) is 25.7 Å². The SMILES string of the molecule is NC(=O)C1(C[CH]C(=O)NCC(=O)c2oc(-c3cccnc3)nc2CC2CCCCC2)CCCCC1. The van der Waals surface area contributed by atoms with E-state index in [0.717, 1.165) is 32.1 Å². The highest BCUT2D eigenvalue weighted by Crippen LogP contribution is 2.39. The number of Topliss-reactive ketones (excluding diaryl/α,β-unsaturated/α-hetero) is 1. The van der Waals surface area contributed by atoms with Gasteiger partial charge in [-0.2, -0.15) is 0 Å². The Bertz CT molecular complexity index is 1020. The van der Waals surface area contributed by atoms with Gasteiger partial charge in [0, 0.05) is 17.8 Å². The molecule has 1 radical (unpaired) electrons. The first-order valence-electron chi connectivity index (χ1n) is 12.8. The lowest BCUT2D eigenvalue weighted by Gasteiger charge is -2.33. The van der Waals surface area contributed by atoms with Gasteiger partial charge < -0.3 is 15.5 Å². The van der Waals surface area contributed by atoms with E-state index in [2.05, 4.69) is 15.3 Å². The van der Waals surface area contributed by atoms with Gasteiger partial charge in [0.25, 0.3) is 0 Å². The van der Waals surface area contributed by atoms with Crippen LogP contribution in [0.3, 0.4) is 0 Å². The second kappa shape index (κ2) is 11.6. The Labute approximate surface area is 206 Å². The molecule has 0 aromatic carbocycles. The number of nitrogens with one attached hydrogen (secondary N) is 1. The van der Waals surface area contributed by atoms with Crippen molar-refractivity contribution in [3.63, 3.8) is 0 Å². The zero-order valence-corrected chi connectivity index (χ0v) is 20.3. The minimum atomic E-state index is -0.656. The summed E-state index contributed by atoms with van der Waals surface area (Å²) in [6, 6.07) is 3.64. The Morgan fingerprint density at radius 2 is 1.86 bits per heavy atom. The maximum absolute atomic E-state index is 13.1. The summed E-state index contributed by atoms with van der Waals surface area (Å²) in [5.41, 5.74) is 6.36. The molecule has 0 spiro atoms. The van der Waals surface area contributed by atoms with Crippen LogP contribution in [0, 0.1) is 17.8 Å². The van der Waals surface area contributed by atoms with Gasteiger partial charge in [0.15, 0.2) is 5.76 Å². The predicted octanol–water partition coefficient (Wildman–Crippen LogP) is 4.19. The van der Waals surface area contributed by atoms with Crippen LogP contribution in [0.1, 0.15) is 86.9 Å². The molecule has 2 saturated carbocycles. The monoisotopic (exact) mass is 479 g/mol. The number of pyridine rings is 1. The molecule has 35 heavy (non-hydrogen) atoms. The van der Waals surface area contributed by atoms with Gasteiger partial charge in [0.2, 0.25) is 23.5 Å². The molecule has 8 nitrogen and oxygen atoms in total. The highest BCUT2D eigenvalue weighted by atomic mass is 16.4. The molecule has 2 aromatic rings. The molecular formula is C27H35N4O4. The van der Waals surface area contributed by atoms with E-state index in [0.29, 0.717) is 48.7 Å².